The van der Waals surface area contributed by atoms with Crippen LogP contribution < -0.4 is 0 Å². The van der Waals surface area contributed by atoms with E-state index in [1.165, 1.54) is 29.5 Å². The molecule has 0 saturated carbocycles. The van der Waals surface area contributed by atoms with Crippen molar-refractivity contribution in [3.05, 3.63) is 51.2 Å². The number of phenolic OH excluding ortho intramolecular Hbond substituents is 1. The van der Waals surface area contributed by atoms with E-state index in [0.29, 0.717) is 15.5 Å². The van der Waals surface area contributed by atoms with E-state index in [4.69, 9.17) is 11.6 Å². The van der Waals surface area contributed by atoms with Gasteiger partial charge in [0.15, 0.2) is 0 Å². The molecule has 3 nitrogen and oxygen atoms in total. The lowest BCUT2D eigenvalue weighted by Crippen LogP contribution is -1.97. The van der Waals surface area contributed by atoms with Crippen LogP contribution >= 0.6 is 22.9 Å². The summed E-state index contributed by atoms with van der Waals surface area (Å²) >= 11 is 7.14. The number of thiophene rings is 1. The Kier molecular flexibility index (Phi) is 3.69. The molecular formula is C13H9ClO3S. The first-order valence-electron chi connectivity index (χ1n) is 5.05. The van der Waals surface area contributed by atoms with Gasteiger partial charge in [0.1, 0.15) is 5.75 Å². The fourth-order valence-corrected chi connectivity index (χ4v) is 2.38. The summed E-state index contributed by atoms with van der Waals surface area (Å²) in [6, 6.07) is 7.98. The van der Waals surface area contributed by atoms with Crippen LogP contribution in [0.25, 0.3) is 11.6 Å². The van der Waals surface area contributed by atoms with Gasteiger partial charge in [-0.15, -0.1) is 11.3 Å². The zero-order chi connectivity index (χ0) is 13.1. The third-order valence-corrected chi connectivity index (χ3v) is 3.44. The lowest BCUT2D eigenvalue weighted by atomic mass is 10.1. The van der Waals surface area contributed by atoms with Crippen LogP contribution in [0.4, 0.5) is 0 Å². The average Bonchev–Trinajstić information content (AvgIpc) is 2.83. The first-order chi connectivity index (χ1) is 8.58. The highest BCUT2D eigenvalue weighted by atomic mass is 35.5. The van der Waals surface area contributed by atoms with Crippen molar-refractivity contribution in [2.75, 3.05) is 0 Å². The maximum atomic E-state index is 11.2. The molecule has 1 aromatic heterocycles. The molecule has 0 radical (unpaired) electrons. The molecule has 1 heterocycles. The highest BCUT2D eigenvalue weighted by Gasteiger charge is 2.12. The minimum Gasteiger partial charge on any atom is -0.507 e. The molecule has 0 saturated heterocycles. The van der Waals surface area contributed by atoms with Crippen molar-refractivity contribution in [1.82, 2.24) is 0 Å². The van der Waals surface area contributed by atoms with E-state index in [0.717, 1.165) is 0 Å². The number of carboxylic acid groups (broad SMARTS) is 1. The van der Waals surface area contributed by atoms with Crippen molar-refractivity contribution < 1.29 is 15.0 Å². The molecule has 2 aromatic rings. The second kappa shape index (κ2) is 5.25. The molecule has 0 aliphatic heterocycles. The number of carboxylic acids is 1. The summed E-state index contributed by atoms with van der Waals surface area (Å²) in [5, 5.41) is 21.1. The van der Waals surface area contributed by atoms with E-state index in [2.05, 4.69) is 0 Å². The minimum absolute atomic E-state index is 0.00490. The monoisotopic (exact) mass is 280 g/mol. The Morgan fingerprint density at radius 2 is 2.11 bits per heavy atom. The Hall–Kier alpha value is -1.78. The molecule has 0 unspecified atom stereocenters. The predicted molar refractivity (Wildman–Crippen MR) is 72.9 cm³/mol. The van der Waals surface area contributed by atoms with Crippen LogP contribution in [-0.2, 0) is 4.79 Å². The Morgan fingerprint density at radius 1 is 1.33 bits per heavy atom. The van der Waals surface area contributed by atoms with Gasteiger partial charge in [0.2, 0.25) is 0 Å². The average molecular weight is 281 g/mol. The number of halogens is 1. The van der Waals surface area contributed by atoms with E-state index < -0.39 is 5.97 Å². The normalized spacial score (nSPS) is 11.5. The van der Waals surface area contributed by atoms with Crippen molar-refractivity contribution in [3.8, 4) is 5.75 Å². The van der Waals surface area contributed by atoms with Gasteiger partial charge in [-0.2, -0.15) is 0 Å². The van der Waals surface area contributed by atoms with Gasteiger partial charge in [0.05, 0.1) is 5.57 Å². The molecule has 5 heteroatoms. The molecule has 2 rings (SSSR count). The van der Waals surface area contributed by atoms with Crippen LogP contribution in [0.5, 0.6) is 5.75 Å². The summed E-state index contributed by atoms with van der Waals surface area (Å²) in [5.41, 5.74) is 0.510. The van der Waals surface area contributed by atoms with Gasteiger partial charge in [-0.1, -0.05) is 17.7 Å². The minimum atomic E-state index is -1.04. The van der Waals surface area contributed by atoms with E-state index >= 15 is 0 Å². The second-order valence-corrected chi connectivity index (χ2v) is 4.93. The smallest absolute Gasteiger partial charge is 0.337 e. The number of hydrogen-bond acceptors (Lipinski definition) is 3. The second-order valence-electron chi connectivity index (χ2n) is 3.54. The first kappa shape index (κ1) is 12.7. The number of phenols is 1. The van der Waals surface area contributed by atoms with E-state index in [9.17, 15) is 15.0 Å². The fraction of sp³-hybridized carbons (Fsp3) is 0. The van der Waals surface area contributed by atoms with Crippen LogP contribution in [0.15, 0.2) is 35.7 Å². The van der Waals surface area contributed by atoms with E-state index in [1.54, 1.807) is 23.6 Å². The molecule has 18 heavy (non-hydrogen) atoms. The van der Waals surface area contributed by atoms with Crippen molar-refractivity contribution in [2.45, 2.75) is 0 Å². The third-order valence-electron chi connectivity index (χ3n) is 2.31. The highest BCUT2D eigenvalue weighted by molar-refractivity contribution is 7.11. The van der Waals surface area contributed by atoms with Crippen LogP contribution in [0.1, 0.15) is 10.4 Å². The summed E-state index contributed by atoms with van der Waals surface area (Å²) in [6.07, 6.45) is 1.41. The predicted octanol–water partition coefficient (Wildman–Crippen LogP) is 3.73. The Labute approximate surface area is 113 Å². The van der Waals surface area contributed by atoms with Crippen molar-refractivity contribution in [3.63, 3.8) is 0 Å². The molecular weight excluding hydrogens is 272 g/mol. The quantitative estimate of drug-likeness (QED) is 0.842. The fourth-order valence-electron chi connectivity index (χ4n) is 1.47. The van der Waals surface area contributed by atoms with Crippen LogP contribution in [0.2, 0.25) is 5.02 Å². The lowest BCUT2D eigenvalue weighted by molar-refractivity contribution is -0.130. The molecule has 0 atom stereocenters. The number of carbonyl (C=O) groups is 1. The number of hydrogen-bond donors (Lipinski definition) is 2. The number of benzene rings is 1. The summed E-state index contributed by atoms with van der Waals surface area (Å²) in [6.45, 7) is 0. The van der Waals surface area contributed by atoms with Gasteiger partial charge in [-0.05, 0) is 35.7 Å². The standard InChI is InChI=1S/C13H9ClO3S/c14-9-3-4-11(15)8(6-9)7-10(13(16)17)12-2-1-5-18-12/h1-7,15H,(H,16,17)/b10-7-. The summed E-state index contributed by atoms with van der Waals surface area (Å²) in [5.74, 6) is -1.05. The highest BCUT2D eigenvalue weighted by Crippen LogP contribution is 2.28. The summed E-state index contributed by atoms with van der Waals surface area (Å²) in [7, 11) is 0. The lowest BCUT2D eigenvalue weighted by Gasteiger charge is -2.03. The van der Waals surface area contributed by atoms with Gasteiger partial charge in [-0.25, -0.2) is 4.79 Å². The van der Waals surface area contributed by atoms with Crippen molar-refractivity contribution >= 4 is 40.6 Å². The van der Waals surface area contributed by atoms with Crippen molar-refractivity contribution in [1.29, 1.82) is 0 Å². The molecule has 92 valence electrons. The van der Waals surface area contributed by atoms with Gasteiger partial charge in [0.25, 0.3) is 0 Å². The Morgan fingerprint density at radius 3 is 2.72 bits per heavy atom. The van der Waals surface area contributed by atoms with Crippen LogP contribution in [0.3, 0.4) is 0 Å². The molecule has 0 spiro atoms. The van der Waals surface area contributed by atoms with Gasteiger partial charge in [-0.3, -0.25) is 0 Å². The number of aromatic hydroxyl groups is 1. The zero-order valence-electron chi connectivity index (χ0n) is 9.13. The molecule has 2 N–H and O–H groups in total. The maximum Gasteiger partial charge on any atom is 0.337 e. The maximum absolute atomic E-state index is 11.2. The van der Waals surface area contributed by atoms with Crippen molar-refractivity contribution in [2.24, 2.45) is 0 Å². The molecule has 1 aromatic carbocycles. The molecule has 0 aliphatic carbocycles. The van der Waals surface area contributed by atoms with Gasteiger partial charge < -0.3 is 10.2 Å². The largest absolute Gasteiger partial charge is 0.507 e. The number of aliphatic carboxylic acids is 1. The third kappa shape index (κ3) is 2.72. The van der Waals surface area contributed by atoms with Gasteiger partial charge in [0, 0.05) is 15.5 Å². The SMILES string of the molecule is O=C(O)/C(=C\c1cc(Cl)ccc1O)c1cccs1. The zero-order valence-corrected chi connectivity index (χ0v) is 10.7. The molecule has 0 fully saturated rings. The Bertz CT molecular complexity index is 603. The molecule has 0 bridgehead atoms. The van der Waals surface area contributed by atoms with E-state index in [1.807, 2.05) is 0 Å². The van der Waals surface area contributed by atoms with E-state index in [-0.39, 0.29) is 11.3 Å². The molecule has 0 amide bonds. The Balaban J connectivity index is 2.52. The van der Waals surface area contributed by atoms with Crippen LogP contribution in [0, 0.1) is 0 Å². The van der Waals surface area contributed by atoms with Crippen LogP contribution in [-0.4, -0.2) is 16.2 Å². The number of rotatable bonds is 3. The summed E-state index contributed by atoms with van der Waals surface area (Å²) in [4.78, 5) is 11.8. The first-order valence-corrected chi connectivity index (χ1v) is 6.31. The van der Waals surface area contributed by atoms with Gasteiger partial charge >= 0.3 is 5.97 Å². The molecule has 0 aliphatic rings. The topological polar surface area (TPSA) is 57.5 Å². The summed E-state index contributed by atoms with van der Waals surface area (Å²) < 4.78 is 0.